The Balaban J connectivity index is 2.80. The van der Waals surface area contributed by atoms with E-state index in [0.717, 1.165) is 0 Å². The van der Waals surface area contributed by atoms with Crippen LogP contribution in [0.5, 0.6) is 0 Å². The number of aliphatic hydroxyl groups is 1. The summed E-state index contributed by atoms with van der Waals surface area (Å²) in [4.78, 5) is 24.3. The topological polar surface area (TPSA) is 78.9 Å². The molecule has 0 saturated heterocycles. The van der Waals surface area contributed by atoms with Crippen molar-refractivity contribution < 1.29 is 19.4 Å². The van der Waals surface area contributed by atoms with Gasteiger partial charge in [-0.25, -0.2) is 9.69 Å². The van der Waals surface area contributed by atoms with Crippen molar-refractivity contribution in [3.05, 3.63) is 29.8 Å². The van der Waals surface area contributed by atoms with Crippen LogP contribution in [0.2, 0.25) is 0 Å². The second-order valence-corrected chi connectivity index (χ2v) is 4.64. The van der Waals surface area contributed by atoms with Gasteiger partial charge in [-0.15, -0.1) is 0 Å². The third kappa shape index (κ3) is 4.04. The van der Waals surface area contributed by atoms with Gasteiger partial charge < -0.3 is 15.2 Å². The quantitative estimate of drug-likeness (QED) is 0.630. The second-order valence-electron chi connectivity index (χ2n) is 4.64. The number of carbonyl (C=O) groups is 2. The molecule has 1 rings (SSSR count). The number of hydrogen-bond acceptors (Lipinski definition) is 5. The number of carbonyl (C=O) groups excluding carboxylic acids is 2. The molecule has 0 bridgehead atoms. The predicted octanol–water partition coefficient (Wildman–Crippen LogP) is 1.42. The highest BCUT2D eigenvalue weighted by atomic mass is 16.7. The van der Waals surface area contributed by atoms with Crippen LogP contribution >= 0.6 is 0 Å². The third-order valence-corrected chi connectivity index (χ3v) is 2.86. The summed E-state index contributed by atoms with van der Waals surface area (Å²) in [5.74, 6) is -2.45. The maximum Gasteiger partial charge on any atom is 0.341 e. The van der Waals surface area contributed by atoms with Crippen LogP contribution in [0, 0.1) is 0 Å². The summed E-state index contributed by atoms with van der Waals surface area (Å²) in [7, 11) is 3.24. The summed E-state index contributed by atoms with van der Waals surface area (Å²) >= 11 is 0. The van der Waals surface area contributed by atoms with Crippen LogP contribution in [0.4, 0.5) is 5.69 Å². The molecule has 110 valence electrons. The Morgan fingerprint density at radius 3 is 2.25 bits per heavy atom. The molecule has 1 amide bonds. The first-order chi connectivity index (χ1) is 9.28. The lowest BCUT2D eigenvalue weighted by Crippen LogP contribution is -2.47. The lowest BCUT2D eigenvalue weighted by atomic mass is 10.2. The van der Waals surface area contributed by atoms with Crippen LogP contribution in [0.3, 0.4) is 0 Å². The number of hydrogen-bond donors (Lipinski definition) is 2. The van der Waals surface area contributed by atoms with Crippen molar-refractivity contribution in [3.63, 3.8) is 0 Å². The summed E-state index contributed by atoms with van der Waals surface area (Å²) in [6, 6.07) is 6.25. The molecule has 0 heterocycles. The molecule has 0 aromatic heterocycles. The molecule has 0 saturated carbocycles. The van der Waals surface area contributed by atoms with Crippen LogP contribution in [0.1, 0.15) is 30.6 Å². The molecule has 2 N–H and O–H groups in total. The van der Waals surface area contributed by atoms with Gasteiger partial charge in [0.05, 0.1) is 5.56 Å². The number of benzene rings is 1. The first-order valence-corrected chi connectivity index (χ1v) is 6.29. The van der Waals surface area contributed by atoms with Gasteiger partial charge in [-0.2, -0.15) is 0 Å². The molecule has 1 unspecified atom stereocenters. The first kappa shape index (κ1) is 16.1. The van der Waals surface area contributed by atoms with E-state index in [-0.39, 0.29) is 12.3 Å². The fraction of sp³-hybridized carbons (Fsp3) is 0.429. The monoisotopic (exact) mass is 280 g/mol. The van der Waals surface area contributed by atoms with E-state index in [1.165, 1.54) is 24.0 Å². The van der Waals surface area contributed by atoms with Crippen molar-refractivity contribution in [1.29, 1.82) is 0 Å². The SMILES string of the molecule is CCC(O)(OC(=O)c1ccc(NC(C)=O)cc1)N(C)C. The average Bonchev–Trinajstić information content (AvgIpc) is 2.38. The van der Waals surface area contributed by atoms with Gasteiger partial charge in [0, 0.05) is 19.0 Å². The number of anilines is 1. The zero-order valence-electron chi connectivity index (χ0n) is 12.1. The van der Waals surface area contributed by atoms with Crippen molar-refractivity contribution in [2.45, 2.75) is 26.2 Å². The molecule has 1 aromatic carbocycles. The van der Waals surface area contributed by atoms with Crippen molar-refractivity contribution in [3.8, 4) is 0 Å². The van der Waals surface area contributed by atoms with Gasteiger partial charge in [0.25, 0.3) is 5.91 Å². The van der Waals surface area contributed by atoms with E-state index in [9.17, 15) is 14.7 Å². The maximum absolute atomic E-state index is 12.0. The Labute approximate surface area is 118 Å². The number of rotatable bonds is 5. The van der Waals surface area contributed by atoms with E-state index in [1.807, 2.05) is 0 Å². The average molecular weight is 280 g/mol. The Morgan fingerprint density at radius 1 is 1.30 bits per heavy atom. The van der Waals surface area contributed by atoms with E-state index < -0.39 is 11.9 Å². The molecular weight excluding hydrogens is 260 g/mol. The number of nitrogens with one attached hydrogen (secondary N) is 1. The van der Waals surface area contributed by atoms with Crippen LogP contribution < -0.4 is 5.32 Å². The lowest BCUT2D eigenvalue weighted by molar-refractivity contribution is -0.248. The van der Waals surface area contributed by atoms with E-state index in [2.05, 4.69) is 5.32 Å². The minimum Gasteiger partial charge on any atom is -0.415 e. The highest BCUT2D eigenvalue weighted by Crippen LogP contribution is 2.18. The smallest absolute Gasteiger partial charge is 0.341 e. The fourth-order valence-corrected chi connectivity index (χ4v) is 1.58. The van der Waals surface area contributed by atoms with Crippen molar-refractivity contribution >= 4 is 17.6 Å². The van der Waals surface area contributed by atoms with Crippen molar-refractivity contribution in [2.75, 3.05) is 19.4 Å². The van der Waals surface area contributed by atoms with Crippen LogP contribution in [-0.4, -0.2) is 41.9 Å². The van der Waals surface area contributed by atoms with Gasteiger partial charge in [-0.1, -0.05) is 6.92 Å². The molecular formula is C14H20N2O4. The Bertz CT molecular complexity index is 484. The molecule has 6 nitrogen and oxygen atoms in total. The molecule has 0 fully saturated rings. The van der Waals surface area contributed by atoms with Gasteiger partial charge in [-0.3, -0.25) is 4.79 Å². The summed E-state index contributed by atoms with van der Waals surface area (Å²) in [5, 5.41) is 12.7. The highest BCUT2D eigenvalue weighted by Gasteiger charge is 2.32. The zero-order valence-corrected chi connectivity index (χ0v) is 12.1. The maximum atomic E-state index is 12.0. The molecule has 0 radical (unpaired) electrons. The summed E-state index contributed by atoms with van der Waals surface area (Å²) in [6.07, 6.45) is 0.246. The Hall–Kier alpha value is -1.92. The standard InChI is InChI=1S/C14H20N2O4/c1-5-14(19,16(3)4)20-13(18)11-6-8-12(9-7-11)15-10(2)17/h6-9,19H,5H2,1-4H3,(H,15,17). The molecule has 1 aromatic rings. The summed E-state index contributed by atoms with van der Waals surface area (Å²) in [6.45, 7) is 3.12. The lowest BCUT2D eigenvalue weighted by Gasteiger charge is -2.32. The van der Waals surface area contributed by atoms with Crippen LogP contribution in [-0.2, 0) is 9.53 Å². The Kier molecular flexibility index (Phi) is 5.24. The number of nitrogens with zero attached hydrogens (tertiary/aromatic N) is 1. The number of amides is 1. The molecule has 0 aliphatic rings. The third-order valence-electron chi connectivity index (χ3n) is 2.86. The van der Waals surface area contributed by atoms with Gasteiger partial charge in [0.15, 0.2) is 0 Å². The number of esters is 1. The predicted molar refractivity (Wildman–Crippen MR) is 75.1 cm³/mol. The second kappa shape index (κ2) is 6.49. The normalized spacial score (nSPS) is 13.7. The molecule has 1 atom stereocenters. The van der Waals surface area contributed by atoms with E-state index in [4.69, 9.17) is 4.74 Å². The minimum absolute atomic E-state index is 0.187. The van der Waals surface area contributed by atoms with E-state index in [0.29, 0.717) is 11.3 Å². The van der Waals surface area contributed by atoms with Crippen LogP contribution in [0.15, 0.2) is 24.3 Å². The minimum atomic E-state index is -1.63. The first-order valence-electron chi connectivity index (χ1n) is 6.29. The summed E-state index contributed by atoms with van der Waals surface area (Å²) in [5.41, 5.74) is 0.889. The van der Waals surface area contributed by atoms with Gasteiger partial charge in [0.1, 0.15) is 0 Å². The van der Waals surface area contributed by atoms with Crippen molar-refractivity contribution in [1.82, 2.24) is 4.90 Å². The zero-order chi connectivity index (χ0) is 15.3. The van der Waals surface area contributed by atoms with Gasteiger partial charge in [0.2, 0.25) is 5.91 Å². The molecule has 0 aliphatic heterocycles. The van der Waals surface area contributed by atoms with Crippen molar-refractivity contribution in [2.24, 2.45) is 0 Å². The molecule has 0 spiro atoms. The number of ether oxygens (including phenoxy) is 1. The largest absolute Gasteiger partial charge is 0.415 e. The molecule has 0 aliphatic carbocycles. The molecule has 20 heavy (non-hydrogen) atoms. The fourth-order valence-electron chi connectivity index (χ4n) is 1.58. The van der Waals surface area contributed by atoms with Gasteiger partial charge >= 0.3 is 5.97 Å². The van der Waals surface area contributed by atoms with E-state index in [1.54, 1.807) is 33.2 Å². The molecule has 6 heteroatoms. The van der Waals surface area contributed by atoms with Crippen LogP contribution in [0.25, 0.3) is 0 Å². The van der Waals surface area contributed by atoms with Gasteiger partial charge in [-0.05, 0) is 38.4 Å². The summed E-state index contributed by atoms with van der Waals surface area (Å²) < 4.78 is 5.11. The Morgan fingerprint density at radius 2 is 1.85 bits per heavy atom. The van der Waals surface area contributed by atoms with E-state index >= 15 is 0 Å². The highest BCUT2D eigenvalue weighted by molar-refractivity contribution is 5.92.